The van der Waals surface area contributed by atoms with Crippen LogP contribution in [0.25, 0.3) is 0 Å². The van der Waals surface area contributed by atoms with E-state index in [2.05, 4.69) is 0 Å². The first-order valence-corrected chi connectivity index (χ1v) is 5.90. The molecule has 0 fully saturated rings. The Morgan fingerprint density at radius 1 is 1.11 bits per heavy atom. The van der Waals surface area contributed by atoms with Crippen molar-refractivity contribution in [2.45, 2.75) is 6.42 Å². The third-order valence-corrected chi connectivity index (χ3v) is 2.62. The topological polar surface area (TPSA) is 78.4 Å². The van der Waals surface area contributed by atoms with E-state index in [1.54, 1.807) is 12.1 Å². The summed E-state index contributed by atoms with van der Waals surface area (Å²) < 4.78 is 5.57. The Hall–Kier alpha value is -2.40. The van der Waals surface area contributed by atoms with Crippen molar-refractivity contribution in [3.8, 4) is 11.5 Å². The van der Waals surface area contributed by atoms with E-state index >= 15 is 0 Å². The molecule has 0 atom stereocenters. The molecular formula is C14H14N2O3. The third-order valence-electron chi connectivity index (χ3n) is 2.62. The number of nitro benzene ring substituents is 1. The van der Waals surface area contributed by atoms with Crippen molar-refractivity contribution < 1.29 is 9.66 Å². The van der Waals surface area contributed by atoms with E-state index in [0.717, 1.165) is 12.0 Å². The standard InChI is InChI=1S/C14H14N2O3/c15-9-8-11-4-6-13(7-5-11)19-14-3-1-2-12(10-14)16(17)18/h1-7,10H,8-9,15H2. The molecule has 0 aromatic heterocycles. The average Bonchev–Trinajstić information content (AvgIpc) is 2.42. The number of nitro groups is 1. The SMILES string of the molecule is NCCc1ccc(Oc2cccc([N+](=O)[O-])c2)cc1. The highest BCUT2D eigenvalue weighted by Gasteiger charge is 2.06. The van der Waals surface area contributed by atoms with Crippen LogP contribution in [0.4, 0.5) is 5.69 Å². The first-order valence-electron chi connectivity index (χ1n) is 5.90. The highest BCUT2D eigenvalue weighted by molar-refractivity contribution is 5.40. The summed E-state index contributed by atoms with van der Waals surface area (Å²) in [6.45, 7) is 0.602. The van der Waals surface area contributed by atoms with Crippen molar-refractivity contribution in [3.63, 3.8) is 0 Å². The van der Waals surface area contributed by atoms with Crippen LogP contribution in [0.15, 0.2) is 48.5 Å². The molecule has 0 spiro atoms. The summed E-state index contributed by atoms with van der Waals surface area (Å²) in [5.74, 6) is 1.09. The predicted octanol–water partition coefficient (Wildman–Crippen LogP) is 2.89. The lowest BCUT2D eigenvalue weighted by Gasteiger charge is -2.06. The lowest BCUT2D eigenvalue weighted by atomic mass is 10.1. The van der Waals surface area contributed by atoms with Gasteiger partial charge < -0.3 is 10.5 Å². The Kier molecular flexibility index (Phi) is 4.10. The molecule has 98 valence electrons. The van der Waals surface area contributed by atoms with Crippen molar-refractivity contribution in [3.05, 3.63) is 64.2 Å². The second kappa shape index (κ2) is 5.97. The number of ether oxygens (including phenoxy) is 1. The summed E-state index contributed by atoms with van der Waals surface area (Å²) in [4.78, 5) is 10.2. The molecule has 0 aliphatic carbocycles. The number of nitrogens with two attached hydrogens (primary N) is 1. The molecule has 0 saturated carbocycles. The third kappa shape index (κ3) is 3.53. The molecule has 0 unspecified atom stereocenters. The summed E-state index contributed by atoms with van der Waals surface area (Å²) in [5, 5.41) is 10.7. The van der Waals surface area contributed by atoms with Crippen molar-refractivity contribution >= 4 is 5.69 Å². The van der Waals surface area contributed by atoms with Crippen molar-refractivity contribution in [2.24, 2.45) is 5.73 Å². The van der Waals surface area contributed by atoms with Gasteiger partial charge in [-0.3, -0.25) is 10.1 Å². The van der Waals surface area contributed by atoms with Crippen LogP contribution < -0.4 is 10.5 Å². The van der Waals surface area contributed by atoms with Gasteiger partial charge in [-0.25, -0.2) is 0 Å². The number of rotatable bonds is 5. The lowest BCUT2D eigenvalue weighted by molar-refractivity contribution is -0.384. The van der Waals surface area contributed by atoms with Gasteiger partial charge in [-0.05, 0) is 36.7 Å². The van der Waals surface area contributed by atoms with E-state index in [-0.39, 0.29) is 5.69 Å². The average molecular weight is 258 g/mol. The van der Waals surface area contributed by atoms with Crippen LogP contribution >= 0.6 is 0 Å². The first kappa shape index (κ1) is 13.0. The smallest absolute Gasteiger partial charge is 0.273 e. The minimum Gasteiger partial charge on any atom is -0.457 e. The quantitative estimate of drug-likeness (QED) is 0.660. The fraction of sp³-hybridized carbons (Fsp3) is 0.143. The second-order valence-electron chi connectivity index (χ2n) is 4.04. The molecule has 0 aliphatic rings. The maximum Gasteiger partial charge on any atom is 0.273 e. The van der Waals surface area contributed by atoms with Crippen LogP contribution in [0, 0.1) is 10.1 Å². The monoisotopic (exact) mass is 258 g/mol. The zero-order valence-electron chi connectivity index (χ0n) is 10.3. The van der Waals surface area contributed by atoms with Crippen LogP contribution in [0.1, 0.15) is 5.56 Å². The Morgan fingerprint density at radius 3 is 2.47 bits per heavy atom. The molecule has 0 saturated heterocycles. The number of hydrogen-bond acceptors (Lipinski definition) is 4. The van der Waals surface area contributed by atoms with Gasteiger partial charge in [0.1, 0.15) is 11.5 Å². The minimum absolute atomic E-state index is 0.0113. The highest BCUT2D eigenvalue weighted by atomic mass is 16.6. The zero-order chi connectivity index (χ0) is 13.7. The fourth-order valence-electron chi connectivity index (χ4n) is 1.69. The molecule has 0 radical (unpaired) electrons. The largest absolute Gasteiger partial charge is 0.457 e. The minimum atomic E-state index is -0.447. The van der Waals surface area contributed by atoms with Crippen LogP contribution in [0.2, 0.25) is 0 Å². The van der Waals surface area contributed by atoms with Gasteiger partial charge in [0.25, 0.3) is 5.69 Å². The molecule has 2 aromatic rings. The Labute approximate surface area is 110 Å². The van der Waals surface area contributed by atoms with Gasteiger partial charge in [0.05, 0.1) is 11.0 Å². The number of hydrogen-bond donors (Lipinski definition) is 1. The van der Waals surface area contributed by atoms with E-state index < -0.39 is 4.92 Å². The molecule has 0 amide bonds. The molecule has 2 rings (SSSR count). The maximum absolute atomic E-state index is 10.7. The van der Waals surface area contributed by atoms with E-state index in [1.807, 2.05) is 24.3 Å². The summed E-state index contributed by atoms with van der Waals surface area (Å²) in [5.41, 5.74) is 6.62. The van der Waals surface area contributed by atoms with Crippen molar-refractivity contribution in [1.82, 2.24) is 0 Å². The van der Waals surface area contributed by atoms with Gasteiger partial charge in [0, 0.05) is 6.07 Å². The summed E-state index contributed by atoms with van der Waals surface area (Å²) >= 11 is 0. The van der Waals surface area contributed by atoms with Crippen molar-refractivity contribution in [1.29, 1.82) is 0 Å². The van der Waals surface area contributed by atoms with Gasteiger partial charge in [0.2, 0.25) is 0 Å². The second-order valence-corrected chi connectivity index (χ2v) is 4.04. The van der Waals surface area contributed by atoms with Crippen molar-refractivity contribution in [2.75, 3.05) is 6.54 Å². The van der Waals surface area contributed by atoms with Crippen LogP contribution in [-0.4, -0.2) is 11.5 Å². The Balaban J connectivity index is 2.12. The zero-order valence-corrected chi connectivity index (χ0v) is 10.3. The maximum atomic E-state index is 10.7. The number of nitrogens with zero attached hydrogens (tertiary/aromatic N) is 1. The summed E-state index contributed by atoms with van der Waals surface area (Å²) in [7, 11) is 0. The Morgan fingerprint density at radius 2 is 1.84 bits per heavy atom. The van der Waals surface area contributed by atoms with Crippen LogP contribution in [0.3, 0.4) is 0 Å². The number of benzene rings is 2. The molecule has 5 nitrogen and oxygen atoms in total. The van der Waals surface area contributed by atoms with Crippen LogP contribution in [-0.2, 0) is 6.42 Å². The number of non-ortho nitro benzene ring substituents is 1. The van der Waals surface area contributed by atoms with E-state index in [0.29, 0.717) is 18.0 Å². The van der Waals surface area contributed by atoms with E-state index in [9.17, 15) is 10.1 Å². The van der Waals surface area contributed by atoms with E-state index in [1.165, 1.54) is 12.1 Å². The molecule has 2 aromatic carbocycles. The van der Waals surface area contributed by atoms with Crippen LogP contribution in [0.5, 0.6) is 11.5 Å². The van der Waals surface area contributed by atoms with Gasteiger partial charge in [0.15, 0.2) is 0 Å². The van der Waals surface area contributed by atoms with Gasteiger partial charge in [-0.2, -0.15) is 0 Å². The molecule has 19 heavy (non-hydrogen) atoms. The molecule has 5 heteroatoms. The predicted molar refractivity (Wildman–Crippen MR) is 72.4 cm³/mol. The Bertz CT molecular complexity index is 567. The van der Waals surface area contributed by atoms with Gasteiger partial charge in [-0.15, -0.1) is 0 Å². The highest BCUT2D eigenvalue weighted by Crippen LogP contribution is 2.25. The first-order chi connectivity index (χ1) is 9.19. The summed E-state index contributed by atoms with van der Waals surface area (Å²) in [6.07, 6.45) is 0.817. The van der Waals surface area contributed by atoms with Gasteiger partial charge >= 0.3 is 0 Å². The normalized spacial score (nSPS) is 10.2. The lowest BCUT2D eigenvalue weighted by Crippen LogP contribution is -2.02. The molecule has 0 heterocycles. The molecule has 0 aliphatic heterocycles. The fourth-order valence-corrected chi connectivity index (χ4v) is 1.69. The summed E-state index contributed by atoms with van der Waals surface area (Å²) in [6, 6.07) is 13.6. The molecular weight excluding hydrogens is 244 g/mol. The van der Waals surface area contributed by atoms with Gasteiger partial charge in [-0.1, -0.05) is 18.2 Å². The van der Waals surface area contributed by atoms with E-state index in [4.69, 9.17) is 10.5 Å². The molecule has 0 bridgehead atoms. The molecule has 2 N–H and O–H groups in total.